The summed E-state index contributed by atoms with van der Waals surface area (Å²) in [5.74, 6) is -3.32. The standard InChI is InChI=1S/3C5H7NO3.Yb/c3*7-4-2-1-3(6-4)5(8)9;/h3*3H,1-2H2,(H,6,7)(H,8,9);. The summed E-state index contributed by atoms with van der Waals surface area (Å²) in [5.41, 5.74) is 0. The van der Waals surface area contributed by atoms with E-state index in [0.717, 1.165) is 0 Å². The van der Waals surface area contributed by atoms with Crippen molar-refractivity contribution in [1.82, 2.24) is 16.0 Å². The van der Waals surface area contributed by atoms with Gasteiger partial charge in [0.2, 0.25) is 17.7 Å². The van der Waals surface area contributed by atoms with E-state index in [9.17, 15) is 28.8 Å². The van der Waals surface area contributed by atoms with Gasteiger partial charge in [-0.1, -0.05) is 0 Å². The molecule has 0 aromatic rings. The zero-order valence-corrected chi connectivity index (χ0v) is 16.2. The molecule has 3 unspecified atom stereocenters. The first-order valence-electron chi connectivity index (χ1n) is 8.16. The second kappa shape index (κ2) is 12.7. The minimum Gasteiger partial charge on any atom is -0.480 e. The molecule has 0 spiro atoms. The van der Waals surface area contributed by atoms with E-state index in [0.29, 0.717) is 38.5 Å². The number of aliphatic carboxylic acids is 3. The topological polar surface area (TPSA) is 199 Å². The normalized spacial score (nSPS) is 24.9. The SMILES string of the molecule is O=C1CCC(C(=O)O)N1.O=C1CCC(C(=O)O)N1.O=C1CCC(C(=O)O)N1.[Yb]. The van der Waals surface area contributed by atoms with Crippen molar-refractivity contribution in [2.75, 3.05) is 0 Å². The van der Waals surface area contributed by atoms with Crippen LogP contribution in [-0.4, -0.2) is 69.1 Å². The van der Waals surface area contributed by atoms with Crippen molar-refractivity contribution < 1.29 is 91.0 Å². The third kappa shape index (κ3) is 9.51. The van der Waals surface area contributed by atoms with Crippen LogP contribution in [0.3, 0.4) is 0 Å². The Kier molecular flexibility index (Phi) is 12.0. The van der Waals surface area contributed by atoms with Gasteiger partial charge in [0.05, 0.1) is 0 Å². The van der Waals surface area contributed by atoms with Crippen molar-refractivity contribution in [1.29, 1.82) is 0 Å². The van der Waals surface area contributed by atoms with Gasteiger partial charge in [0.15, 0.2) is 0 Å². The van der Waals surface area contributed by atoms with E-state index in [1.807, 2.05) is 0 Å². The number of carbonyl (C=O) groups is 6. The fourth-order valence-electron chi connectivity index (χ4n) is 2.40. The maximum absolute atomic E-state index is 10.4. The van der Waals surface area contributed by atoms with Crippen LogP contribution in [0.15, 0.2) is 0 Å². The van der Waals surface area contributed by atoms with Gasteiger partial charge in [-0.05, 0) is 19.3 Å². The smallest absolute Gasteiger partial charge is 0.326 e. The summed E-state index contributed by atoms with van der Waals surface area (Å²) in [7, 11) is 0. The van der Waals surface area contributed by atoms with Crippen molar-refractivity contribution in [3.05, 3.63) is 0 Å². The maximum atomic E-state index is 10.4. The number of hydrogen-bond donors (Lipinski definition) is 6. The van der Waals surface area contributed by atoms with Crippen LogP contribution in [0, 0.1) is 46.9 Å². The molecule has 0 bridgehead atoms. The van der Waals surface area contributed by atoms with Crippen LogP contribution in [0.1, 0.15) is 38.5 Å². The van der Waals surface area contributed by atoms with E-state index < -0.39 is 36.0 Å². The second-order valence-corrected chi connectivity index (χ2v) is 5.99. The molecule has 0 saturated carbocycles. The van der Waals surface area contributed by atoms with E-state index in [2.05, 4.69) is 16.0 Å². The molecule has 0 aromatic carbocycles. The maximum Gasteiger partial charge on any atom is 0.326 e. The van der Waals surface area contributed by atoms with Crippen LogP contribution in [0.5, 0.6) is 0 Å². The third-order valence-corrected chi connectivity index (χ3v) is 3.88. The Bertz CT molecular complexity index is 555. The molecule has 3 fully saturated rings. The van der Waals surface area contributed by atoms with Gasteiger partial charge in [-0.2, -0.15) is 0 Å². The summed E-state index contributed by atoms with van der Waals surface area (Å²) in [5, 5.41) is 31.9. The molecule has 12 nitrogen and oxygen atoms in total. The minimum absolute atomic E-state index is 0. The Morgan fingerprint density at radius 2 is 0.821 bits per heavy atom. The van der Waals surface area contributed by atoms with Gasteiger partial charge in [0.25, 0.3) is 0 Å². The molecular weight excluding hydrogens is 539 g/mol. The van der Waals surface area contributed by atoms with Crippen molar-refractivity contribution in [3.63, 3.8) is 0 Å². The predicted octanol–water partition coefficient (Wildman–Crippen LogP) is -1.95. The van der Waals surface area contributed by atoms with Crippen LogP contribution >= 0.6 is 0 Å². The number of carbonyl (C=O) groups excluding carboxylic acids is 3. The van der Waals surface area contributed by atoms with Gasteiger partial charge >= 0.3 is 17.9 Å². The molecule has 13 heteroatoms. The predicted molar refractivity (Wildman–Crippen MR) is 86.4 cm³/mol. The first-order chi connectivity index (χ1) is 12.6. The zero-order valence-electron chi connectivity index (χ0n) is 14.5. The molecular formula is C15H21N3O9Yb. The molecule has 6 N–H and O–H groups in total. The average molecular weight is 560 g/mol. The molecule has 3 saturated heterocycles. The Morgan fingerprint density at radius 3 is 0.893 bits per heavy atom. The summed E-state index contributed by atoms with van der Waals surface area (Å²) in [4.78, 5) is 61.5. The summed E-state index contributed by atoms with van der Waals surface area (Å²) >= 11 is 0. The van der Waals surface area contributed by atoms with E-state index >= 15 is 0 Å². The van der Waals surface area contributed by atoms with Crippen molar-refractivity contribution in [3.8, 4) is 0 Å². The van der Waals surface area contributed by atoms with Crippen LogP contribution in [0.2, 0.25) is 0 Å². The van der Waals surface area contributed by atoms with E-state index in [1.165, 1.54) is 0 Å². The van der Waals surface area contributed by atoms with Crippen LogP contribution < -0.4 is 16.0 Å². The molecule has 0 aliphatic carbocycles. The number of carboxylic acid groups (broad SMARTS) is 3. The Hall–Kier alpha value is -1.66. The van der Waals surface area contributed by atoms with E-state index in [1.54, 1.807) is 0 Å². The summed E-state index contributed by atoms with van der Waals surface area (Å²) < 4.78 is 0. The monoisotopic (exact) mass is 561 g/mol. The number of nitrogens with one attached hydrogen (secondary N) is 3. The zero-order chi connectivity index (χ0) is 20.6. The summed E-state index contributed by atoms with van der Waals surface area (Å²) in [6.07, 6.45) is 2.31. The largest absolute Gasteiger partial charge is 0.480 e. The van der Waals surface area contributed by atoms with Gasteiger partial charge < -0.3 is 31.3 Å². The van der Waals surface area contributed by atoms with Crippen LogP contribution in [0.4, 0.5) is 0 Å². The van der Waals surface area contributed by atoms with Gasteiger partial charge in [0.1, 0.15) is 18.1 Å². The molecule has 28 heavy (non-hydrogen) atoms. The molecule has 0 aromatic heterocycles. The minimum atomic E-state index is -0.944. The number of hydrogen-bond acceptors (Lipinski definition) is 6. The number of amides is 3. The number of carboxylic acids is 3. The van der Waals surface area contributed by atoms with Crippen molar-refractivity contribution in [2.24, 2.45) is 0 Å². The summed E-state index contributed by atoms with van der Waals surface area (Å²) in [6.45, 7) is 0. The summed E-state index contributed by atoms with van der Waals surface area (Å²) in [6, 6.07) is -1.92. The quantitative estimate of drug-likeness (QED) is 0.227. The van der Waals surface area contributed by atoms with Crippen molar-refractivity contribution >= 4 is 35.6 Å². The van der Waals surface area contributed by atoms with Gasteiger partial charge in [-0.25, -0.2) is 14.4 Å². The third-order valence-electron chi connectivity index (χ3n) is 3.88. The molecule has 0 radical (unpaired) electrons. The Balaban J connectivity index is 0.000000384. The average Bonchev–Trinajstić information content (AvgIpc) is 3.30. The Labute approximate surface area is 198 Å². The molecule has 3 aliphatic rings. The molecule has 3 atom stereocenters. The van der Waals surface area contributed by atoms with Crippen LogP contribution in [-0.2, 0) is 28.8 Å². The van der Waals surface area contributed by atoms with Gasteiger partial charge in [0, 0.05) is 66.2 Å². The van der Waals surface area contributed by atoms with Crippen molar-refractivity contribution in [2.45, 2.75) is 56.7 Å². The molecule has 3 rings (SSSR count). The molecule has 3 aliphatic heterocycles. The first-order valence-corrected chi connectivity index (χ1v) is 8.16. The Morgan fingerprint density at radius 1 is 0.607 bits per heavy atom. The molecule has 3 amide bonds. The fourth-order valence-corrected chi connectivity index (χ4v) is 2.40. The first kappa shape index (κ1) is 26.3. The number of rotatable bonds is 3. The van der Waals surface area contributed by atoms with Crippen LogP contribution in [0.25, 0.3) is 0 Å². The molecule has 3 heterocycles. The fraction of sp³-hybridized carbons (Fsp3) is 0.600. The van der Waals surface area contributed by atoms with Gasteiger partial charge in [-0.15, -0.1) is 0 Å². The molecule has 164 valence electrons. The van der Waals surface area contributed by atoms with Gasteiger partial charge in [-0.3, -0.25) is 14.4 Å². The van der Waals surface area contributed by atoms with E-state index in [4.69, 9.17) is 15.3 Å². The van der Waals surface area contributed by atoms with E-state index in [-0.39, 0.29) is 64.6 Å². The second-order valence-electron chi connectivity index (χ2n) is 5.99.